The molecule has 0 amide bonds. The van der Waals surface area contributed by atoms with Gasteiger partial charge in [0.25, 0.3) is 0 Å². The van der Waals surface area contributed by atoms with Gasteiger partial charge in [-0.3, -0.25) is 0 Å². The van der Waals surface area contributed by atoms with Crippen LogP contribution >= 0.6 is 0 Å². The van der Waals surface area contributed by atoms with Crippen LogP contribution in [0.25, 0.3) is 0 Å². The molecule has 0 saturated heterocycles. The summed E-state index contributed by atoms with van der Waals surface area (Å²) in [6.45, 7) is 9.62. The Kier molecular flexibility index (Phi) is 11.2. The number of hydrogen-bond acceptors (Lipinski definition) is 4. The van der Waals surface area contributed by atoms with Gasteiger partial charge in [0, 0.05) is 26.7 Å². The van der Waals surface area contributed by atoms with Gasteiger partial charge in [0.15, 0.2) is 0 Å². The smallest absolute Gasteiger partial charge is 0.0589 e. The summed E-state index contributed by atoms with van der Waals surface area (Å²) in [5, 5.41) is 3.47. The van der Waals surface area contributed by atoms with Gasteiger partial charge in [-0.1, -0.05) is 6.92 Å². The molecule has 16 heavy (non-hydrogen) atoms. The van der Waals surface area contributed by atoms with Crippen LogP contribution in [0.4, 0.5) is 0 Å². The van der Waals surface area contributed by atoms with Crippen molar-refractivity contribution in [3.8, 4) is 0 Å². The predicted molar refractivity (Wildman–Crippen MR) is 70.0 cm³/mol. The fraction of sp³-hybridized carbons (Fsp3) is 1.00. The Hall–Kier alpha value is -0.160. The minimum Gasteiger partial charge on any atom is -0.383 e. The SMILES string of the molecule is CCN(CCNCCCN(C)C)CCOC. The van der Waals surface area contributed by atoms with Crippen LogP contribution in [0.15, 0.2) is 0 Å². The van der Waals surface area contributed by atoms with E-state index >= 15 is 0 Å². The van der Waals surface area contributed by atoms with Gasteiger partial charge in [0.1, 0.15) is 0 Å². The molecule has 0 aliphatic carbocycles. The Morgan fingerprint density at radius 3 is 2.38 bits per heavy atom. The first-order valence-corrected chi connectivity index (χ1v) is 6.27. The van der Waals surface area contributed by atoms with E-state index in [9.17, 15) is 0 Å². The number of nitrogens with zero attached hydrogens (tertiary/aromatic N) is 2. The summed E-state index contributed by atoms with van der Waals surface area (Å²) >= 11 is 0. The third-order valence-corrected chi connectivity index (χ3v) is 2.62. The van der Waals surface area contributed by atoms with Crippen molar-refractivity contribution >= 4 is 0 Å². The van der Waals surface area contributed by atoms with Gasteiger partial charge >= 0.3 is 0 Å². The van der Waals surface area contributed by atoms with Gasteiger partial charge < -0.3 is 19.9 Å². The summed E-state index contributed by atoms with van der Waals surface area (Å²) in [7, 11) is 5.99. The molecule has 0 aromatic rings. The zero-order chi connectivity index (χ0) is 12.2. The summed E-state index contributed by atoms with van der Waals surface area (Å²) in [6.07, 6.45) is 1.22. The fourth-order valence-corrected chi connectivity index (χ4v) is 1.53. The predicted octanol–water partition coefficient (Wildman–Crippen LogP) is 0.496. The zero-order valence-corrected chi connectivity index (χ0v) is 11.5. The highest BCUT2D eigenvalue weighted by molar-refractivity contribution is 4.58. The minimum absolute atomic E-state index is 0.828. The van der Waals surface area contributed by atoms with E-state index in [2.05, 4.69) is 36.1 Å². The highest BCUT2D eigenvalue weighted by Gasteiger charge is 2.00. The number of likely N-dealkylation sites (N-methyl/N-ethyl adjacent to an activating group) is 1. The van der Waals surface area contributed by atoms with Crippen molar-refractivity contribution in [1.29, 1.82) is 0 Å². The molecule has 4 nitrogen and oxygen atoms in total. The average Bonchev–Trinajstić information content (AvgIpc) is 2.26. The molecule has 0 spiro atoms. The van der Waals surface area contributed by atoms with Crippen LogP contribution in [-0.4, -0.2) is 76.9 Å². The van der Waals surface area contributed by atoms with E-state index in [0.717, 1.165) is 45.9 Å². The van der Waals surface area contributed by atoms with E-state index < -0.39 is 0 Å². The van der Waals surface area contributed by atoms with E-state index in [0.29, 0.717) is 0 Å². The van der Waals surface area contributed by atoms with E-state index in [4.69, 9.17) is 4.74 Å². The largest absolute Gasteiger partial charge is 0.383 e. The second kappa shape index (κ2) is 11.3. The summed E-state index contributed by atoms with van der Waals surface area (Å²) in [5.41, 5.74) is 0. The lowest BCUT2D eigenvalue weighted by atomic mass is 10.4. The van der Waals surface area contributed by atoms with Crippen molar-refractivity contribution in [3.63, 3.8) is 0 Å². The summed E-state index contributed by atoms with van der Waals surface area (Å²) < 4.78 is 5.08. The molecule has 0 unspecified atom stereocenters. The van der Waals surface area contributed by atoms with Crippen LogP contribution in [0.3, 0.4) is 0 Å². The lowest BCUT2D eigenvalue weighted by Gasteiger charge is -2.20. The molecule has 0 radical (unpaired) electrons. The van der Waals surface area contributed by atoms with Crippen LogP contribution in [0, 0.1) is 0 Å². The number of rotatable bonds is 11. The molecule has 0 heterocycles. The zero-order valence-electron chi connectivity index (χ0n) is 11.5. The van der Waals surface area contributed by atoms with Crippen LogP contribution in [0.2, 0.25) is 0 Å². The molecule has 4 heteroatoms. The summed E-state index contributed by atoms with van der Waals surface area (Å²) in [5.74, 6) is 0. The van der Waals surface area contributed by atoms with Crippen molar-refractivity contribution in [1.82, 2.24) is 15.1 Å². The van der Waals surface area contributed by atoms with E-state index in [-0.39, 0.29) is 0 Å². The van der Waals surface area contributed by atoms with Crippen LogP contribution in [-0.2, 0) is 4.74 Å². The van der Waals surface area contributed by atoms with Crippen molar-refractivity contribution in [3.05, 3.63) is 0 Å². The molecule has 98 valence electrons. The second-order valence-corrected chi connectivity index (χ2v) is 4.33. The third kappa shape index (κ3) is 10.4. The maximum atomic E-state index is 5.08. The molecular weight excluding hydrogens is 202 g/mol. The number of ether oxygens (including phenoxy) is 1. The molecule has 0 atom stereocenters. The molecule has 0 rings (SSSR count). The highest BCUT2D eigenvalue weighted by atomic mass is 16.5. The molecule has 0 aliphatic rings. The fourth-order valence-electron chi connectivity index (χ4n) is 1.53. The Morgan fingerprint density at radius 1 is 1.06 bits per heavy atom. The number of hydrogen-bond donors (Lipinski definition) is 1. The van der Waals surface area contributed by atoms with Gasteiger partial charge in [0.2, 0.25) is 0 Å². The minimum atomic E-state index is 0.828. The normalized spacial score (nSPS) is 11.6. The molecule has 0 saturated carbocycles. The van der Waals surface area contributed by atoms with Crippen LogP contribution in [0.1, 0.15) is 13.3 Å². The standard InChI is InChI=1S/C12H29N3O/c1-5-15(11-12-16-4)10-8-13-7-6-9-14(2)3/h13H,5-12H2,1-4H3. The van der Waals surface area contributed by atoms with Gasteiger partial charge in [-0.2, -0.15) is 0 Å². The van der Waals surface area contributed by atoms with E-state index in [1.807, 2.05) is 0 Å². The molecule has 0 fully saturated rings. The Labute approximate surface area is 101 Å². The second-order valence-electron chi connectivity index (χ2n) is 4.33. The first-order valence-electron chi connectivity index (χ1n) is 6.27. The van der Waals surface area contributed by atoms with Gasteiger partial charge in [-0.15, -0.1) is 0 Å². The topological polar surface area (TPSA) is 27.7 Å². The van der Waals surface area contributed by atoms with Gasteiger partial charge in [0.05, 0.1) is 6.61 Å². The summed E-state index contributed by atoms with van der Waals surface area (Å²) in [4.78, 5) is 4.63. The number of nitrogens with one attached hydrogen (secondary N) is 1. The first kappa shape index (κ1) is 15.8. The van der Waals surface area contributed by atoms with Crippen molar-refractivity contribution in [2.45, 2.75) is 13.3 Å². The maximum Gasteiger partial charge on any atom is 0.0589 e. The van der Waals surface area contributed by atoms with Crippen LogP contribution < -0.4 is 5.32 Å². The highest BCUT2D eigenvalue weighted by Crippen LogP contribution is 1.87. The molecule has 0 aliphatic heterocycles. The lowest BCUT2D eigenvalue weighted by molar-refractivity contribution is 0.151. The molecule has 1 N–H and O–H groups in total. The van der Waals surface area contributed by atoms with E-state index in [1.165, 1.54) is 6.42 Å². The molecular formula is C12H29N3O. The molecule has 0 aromatic carbocycles. The lowest BCUT2D eigenvalue weighted by Crippen LogP contribution is -2.35. The monoisotopic (exact) mass is 231 g/mol. The maximum absolute atomic E-state index is 5.08. The van der Waals surface area contributed by atoms with Gasteiger partial charge in [-0.25, -0.2) is 0 Å². The first-order chi connectivity index (χ1) is 7.70. The third-order valence-electron chi connectivity index (χ3n) is 2.62. The van der Waals surface area contributed by atoms with Crippen molar-refractivity contribution in [2.75, 3.05) is 67.1 Å². The van der Waals surface area contributed by atoms with Crippen molar-refractivity contribution in [2.24, 2.45) is 0 Å². The van der Waals surface area contributed by atoms with Gasteiger partial charge in [-0.05, 0) is 40.2 Å². The average molecular weight is 231 g/mol. The molecule has 0 aromatic heterocycles. The van der Waals surface area contributed by atoms with Crippen molar-refractivity contribution < 1.29 is 4.74 Å². The number of methoxy groups -OCH3 is 1. The molecule has 0 bridgehead atoms. The Bertz CT molecular complexity index is 142. The van der Waals surface area contributed by atoms with E-state index in [1.54, 1.807) is 7.11 Å². The summed E-state index contributed by atoms with van der Waals surface area (Å²) in [6, 6.07) is 0. The Balaban J connectivity index is 3.27. The quantitative estimate of drug-likeness (QED) is 0.524. The van der Waals surface area contributed by atoms with Crippen LogP contribution in [0.5, 0.6) is 0 Å². The Morgan fingerprint density at radius 2 is 1.81 bits per heavy atom.